The minimum Gasteiger partial charge on any atom is -0.357 e. The van der Waals surface area contributed by atoms with E-state index in [1.54, 1.807) is 0 Å². The Kier molecular flexibility index (Phi) is 4.02. The van der Waals surface area contributed by atoms with Crippen molar-refractivity contribution in [1.29, 1.82) is 0 Å². The van der Waals surface area contributed by atoms with Crippen LogP contribution in [0, 0.1) is 0 Å². The molecule has 1 aromatic heterocycles. The predicted octanol–water partition coefficient (Wildman–Crippen LogP) is 3.23. The van der Waals surface area contributed by atoms with E-state index in [9.17, 15) is 0 Å². The van der Waals surface area contributed by atoms with Crippen molar-refractivity contribution in [3.05, 3.63) is 23.9 Å². The quantitative estimate of drug-likeness (QED) is 0.813. The highest BCUT2D eigenvalue weighted by Gasteiger charge is 2.22. The van der Waals surface area contributed by atoms with Crippen molar-refractivity contribution in [1.82, 2.24) is 9.88 Å². The van der Waals surface area contributed by atoms with Gasteiger partial charge >= 0.3 is 0 Å². The molecule has 1 aromatic rings. The third kappa shape index (κ3) is 2.92. The van der Waals surface area contributed by atoms with Gasteiger partial charge in [-0.2, -0.15) is 0 Å². The van der Waals surface area contributed by atoms with E-state index < -0.39 is 0 Å². The molecule has 0 spiro atoms. The molecule has 0 radical (unpaired) electrons. The van der Waals surface area contributed by atoms with Crippen LogP contribution in [0.3, 0.4) is 0 Å². The zero-order valence-corrected chi connectivity index (χ0v) is 12.0. The van der Waals surface area contributed by atoms with Crippen LogP contribution in [0.2, 0.25) is 0 Å². The molecule has 0 bridgehead atoms. The zero-order chi connectivity index (χ0) is 13.1. The highest BCUT2D eigenvalue weighted by Crippen LogP contribution is 2.30. The Morgan fingerprint density at radius 3 is 2.37 bits per heavy atom. The summed E-state index contributed by atoms with van der Waals surface area (Å²) in [6, 6.07) is 5.11. The summed E-state index contributed by atoms with van der Waals surface area (Å²) in [6.07, 6.45) is 10.1. The normalized spacial score (nSPS) is 25.5. The van der Waals surface area contributed by atoms with Gasteiger partial charge < -0.3 is 4.90 Å². The van der Waals surface area contributed by atoms with Gasteiger partial charge in [0.05, 0.1) is 0 Å². The molecule has 0 aliphatic carbocycles. The zero-order valence-electron chi connectivity index (χ0n) is 12.0. The smallest absolute Gasteiger partial charge is 0.128 e. The highest BCUT2D eigenvalue weighted by molar-refractivity contribution is 5.40. The van der Waals surface area contributed by atoms with E-state index in [0.29, 0.717) is 6.04 Å². The van der Waals surface area contributed by atoms with Crippen molar-refractivity contribution in [2.75, 3.05) is 31.6 Å². The van der Waals surface area contributed by atoms with Gasteiger partial charge in [0, 0.05) is 25.3 Å². The van der Waals surface area contributed by atoms with Crippen LogP contribution in [0.4, 0.5) is 5.82 Å². The van der Waals surface area contributed by atoms with Crippen LogP contribution in [0.5, 0.6) is 0 Å². The van der Waals surface area contributed by atoms with Crippen molar-refractivity contribution in [3.63, 3.8) is 0 Å². The summed E-state index contributed by atoms with van der Waals surface area (Å²) in [7, 11) is 2.22. The Hall–Kier alpha value is -1.09. The van der Waals surface area contributed by atoms with Gasteiger partial charge in [-0.1, -0.05) is 18.9 Å². The molecule has 3 heterocycles. The molecule has 0 amide bonds. The lowest BCUT2D eigenvalue weighted by Gasteiger charge is -2.23. The second-order valence-corrected chi connectivity index (χ2v) is 5.99. The van der Waals surface area contributed by atoms with E-state index >= 15 is 0 Å². The van der Waals surface area contributed by atoms with Crippen LogP contribution >= 0.6 is 0 Å². The maximum atomic E-state index is 4.72. The topological polar surface area (TPSA) is 19.4 Å². The van der Waals surface area contributed by atoms with Crippen LogP contribution in [0.25, 0.3) is 0 Å². The molecule has 2 aliphatic heterocycles. The van der Waals surface area contributed by atoms with Crippen molar-refractivity contribution >= 4 is 5.82 Å². The average molecular weight is 259 g/mol. The summed E-state index contributed by atoms with van der Waals surface area (Å²) in [5, 5.41) is 0. The Balaban J connectivity index is 1.71. The number of rotatable bonds is 2. The third-order valence-electron chi connectivity index (χ3n) is 4.61. The largest absolute Gasteiger partial charge is 0.357 e. The van der Waals surface area contributed by atoms with Crippen molar-refractivity contribution in [3.8, 4) is 0 Å². The monoisotopic (exact) mass is 259 g/mol. The lowest BCUT2D eigenvalue weighted by Crippen LogP contribution is -2.25. The molecule has 1 atom stereocenters. The van der Waals surface area contributed by atoms with E-state index in [2.05, 4.69) is 35.2 Å². The van der Waals surface area contributed by atoms with Gasteiger partial charge in [-0.3, -0.25) is 4.90 Å². The third-order valence-corrected chi connectivity index (χ3v) is 4.61. The average Bonchev–Trinajstić information content (AvgIpc) is 2.71. The van der Waals surface area contributed by atoms with Gasteiger partial charge in [-0.25, -0.2) is 4.98 Å². The molecule has 0 N–H and O–H groups in total. The number of hydrogen-bond donors (Lipinski definition) is 0. The second-order valence-electron chi connectivity index (χ2n) is 5.99. The summed E-state index contributed by atoms with van der Waals surface area (Å²) in [5.41, 5.74) is 1.39. The SMILES string of the molecule is CN1CCC[C@H]1c1ccc(N2CCCCCC2)nc1. The molecule has 0 saturated carbocycles. The van der Waals surface area contributed by atoms with Crippen LogP contribution in [0.1, 0.15) is 50.1 Å². The summed E-state index contributed by atoms with van der Waals surface area (Å²) >= 11 is 0. The number of hydrogen-bond acceptors (Lipinski definition) is 3. The fourth-order valence-corrected chi connectivity index (χ4v) is 3.41. The molecule has 0 aromatic carbocycles. The second kappa shape index (κ2) is 5.91. The summed E-state index contributed by atoms with van der Waals surface area (Å²) in [6.45, 7) is 3.57. The molecule has 2 aliphatic rings. The first-order valence-electron chi connectivity index (χ1n) is 7.76. The van der Waals surface area contributed by atoms with E-state index in [1.165, 1.54) is 69.5 Å². The van der Waals surface area contributed by atoms with Crippen LogP contribution in [-0.4, -0.2) is 36.6 Å². The van der Waals surface area contributed by atoms with Gasteiger partial charge in [-0.05, 0) is 50.9 Å². The van der Waals surface area contributed by atoms with Crippen molar-refractivity contribution in [2.24, 2.45) is 0 Å². The summed E-state index contributed by atoms with van der Waals surface area (Å²) in [4.78, 5) is 9.62. The van der Waals surface area contributed by atoms with Gasteiger partial charge in [0.15, 0.2) is 0 Å². The first kappa shape index (κ1) is 12.9. The summed E-state index contributed by atoms with van der Waals surface area (Å²) in [5.74, 6) is 1.17. The number of anilines is 1. The standard InChI is InChI=1S/C16H25N3/c1-18-10-6-7-15(18)14-8-9-16(17-13-14)19-11-4-2-3-5-12-19/h8-9,13,15H,2-7,10-12H2,1H3/t15-/m0/s1. The van der Waals surface area contributed by atoms with Gasteiger partial charge in [0.1, 0.15) is 5.82 Å². The van der Waals surface area contributed by atoms with E-state index in [4.69, 9.17) is 4.98 Å². The molecular weight excluding hydrogens is 234 g/mol. The Labute approximate surface area is 116 Å². The highest BCUT2D eigenvalue weighted by atomic mass is 15.2. The maximum Gasteiger partial charge on any atom is 0.128 e. The van der Waals surface area contributed by atoms with Crippen LogP contribution < -0.4 is 4.90 Å². The minimum atomic E-state index is 0.589. The Morgan fingerprint density at radius 2 is 1.79 bits per heavy atom. The molecule has 2 saturated heterocycles. The lowest BCUT2D eigenvalue weighted by atomic mass is 10.1. The fraction of sp³-hybridized carbons (Fsp3) is 0.688. The van der Waals surface area contributed by atoms with Crippen LogP contribution in [0.15, 0.2) is 18.3 Å². The number of aromatic nitrogens is 1. The number of nitrogens with zero attached hydrogens (tertiary/aromatic N) is 3. The minimum absolute atomic E-state index is 0.589. The molecule has 2 fully saturated rings. The summed E-state index contributed by atoms with van der Waals surface area (Å²) < 4.78 is 0. The van der Waals surface area contributed by atoms with Crippen molar-refractivity contribution in [2.45, 2.75) is 44.6 Å². The Bertz CT molecular complexity index is 393. The molecule has 3 heteroatoms. The molecular formula is C16H25N3. The molecule has 0 unspecified atom stereocenters. The van der Waals surface area contributed by atoms with Gasteiger partial charge in [0.25, 0.3) is 0 Å². The van der Waals surface area contributed by atoms with Crippen LogP contribution in [-0.2, 0) is 0 Å². The first-order chi connectivity index (χ1) is 9.34. The molecule has 3 nitrogen and oxygen atoms in total. The van der Waals surface area contributed by atoms with Gasteiger partial charge in [0.2, 0.25) is 0 Å². The lowest BCUT2D eigenvalue weighted by molar-refractivity contribution is 0.317. The molecule has 104 valence electrons. The first-order valence-corrected chi connectivity index (χ1v) is 7.76. The van der Waals surface area contributed by atoms with E-state index in [0.717, 1.165) is 0 Å². The van der Waals surface area contributed by atoms with Crippen molar-refractivity contribution < 1.29 is 0 Å². The van der Waals surface area contributed by atoms with E-state index in [1.807, 2.05) is 0 Å². The number of likely N-dealkylation sites (tertiary alicyclic amines) is 1. The number of pyridine rings is 1. The Morgan fingerprint density at radius 1 is 1.00 bits per heavy atom. The van der Waals surface area contributed by atoms with E-state index in [-0.39, 0.29) is 0 Å². The molecule has 3 rings (SSSR count). The fourth-order valence-electron chi connectivity index (χ4n) is 3.41. The molecule has 19 heavy (non-hydrogen) atoms. The van der Waals surface area contributed by atoms with Gasteiger partial charge in [-0.15, -0.1) is 0 Å². The predicted molar refractivity (Wildman–Crippen MR) is 79.5 cm³/mol. The maximum absolute atomic E-state index is 4.72.